The Balaban J connectivity index is 0.924. The molecule has 4 aromatic rings. The molecule has 4 heterocycles. The largest absolute Gasteiger partial charge is 0.488 e. The number of aromatic amines is 1. The number of nitrogens with one attached hydrogen (secondary N) is 3. The molecule has 9 rings (SSSR count). The van der Waals surface area contributed by atoms with Crippen molar-refractivity contribution in [3.63, 3.8) is 0 Å². The second kappa shape index (κ2) is 18.0. The van der Waals surface area contributed by atoms with E-state index in [1.165, 1.54) is 42.1 Å². The molecule has 0 saturated carbocycles. The molecule has 2 fully saturated rings. The van der Waals surface area contributed by atoms with E-state index < -0.39 is 24.3 Å². The van der Waals surface area contributed by atoms with Gasteiger partial charge in [-0.05, 0) is 113 Å². The zero-order valence-corrected chi connectivity index (χ0v) is 37.1. The molecular formula is C50H56N6O8. The van der Waals surface area contributed by atoms with E-state index in [0.29, 0.717) is 31.9 Å². The number of alkyl carbamates (subject to hydrolysis) is 2. The van der Waals surface area contributed by atoms with Gasteiger partial charge in [0.15, 0.2) is 0 Å². The molecule has 14 nitrogen and oxygen atoms in total. The number of hydrogen-bond acceptors (Lipinski definition) is 9. The molecule has 3 aliphatic heterocycles. The van der Waals surface area contributed by atoms with E-state index in [9.17, 15) is 19.2 Å². The molecule has 5 atom stereocenters. The number of nitrogens with zero attached hydrogens (tertiary/aromatic N) is 3. The fraction of sp³-hybridized carbons (Fsp3) is 0.420. The Labute approximate surface area is 373 Å². The molecule has 14 heteroatoms. The van der Waals surface area contributed by atoms with E-state index in [-0.39, 0.29) is 35.7 Å². The monoisotopic (exact) mass is 868 g/mol. The smallest absolute Gasteiger partial charge is 0.407 e. The second-order valence-corrected chi connectivity index (χ2v) is 17.8. The van der Waals surface area contributed by atoms with Crippen molar-refractivity contribution in [2.45, 2.75) is 83.1 Å². The summed E-state index contributed by atoms with van der Waals surface area (Å²) in [6.45, 7) is 5.89. The Morgan fingerprint density at radius 3 is 2.44 bits per heavy atom. The molecule has 3 aromatic carbocycles. The maximum Gasteiger partial charge on any atom is 0.407 e. The molecule has 64 heavy (non-hydrogen) atoms. The number of hydrogen-bond donors (Lipinski definition) is 3. The first-order chi connectivity index (χ1) is 31.0. The molecule has 4 amide bonds. The number of amides is 4. The predicted molar refractivity (Wildman–Crippen MR) is 240 cm³/mol. The molecule has 334 valence electrons. The highest BCUT2D eigenvalue weighted by Crippen LogP contribution is 2.49. The third-order valence-corrected chi connectivity index (χ3v) is 13.6. The predicted octanol–water partition coefficient (Wildman–Crippen LogP) is 7.67. The number of ether oxygens (including phenoxy) is 4. The molecule has 5 aliphatic rings. The number of H-pyrrole nitrogens is 1. The van der Waals surface area contributed by atoms with Gasteiger partial charge in [0.25, 0.3) is 0 Å². The number of likely N-dealkylation sites (tertiary alicyclic amines) is 2. The van der Waals surface area contributed by atoms with Crippen LogP contribution in [0, 0.1) is 11.8 Å². The number of rotatable bonds is 11. The summed E-state index contributed by atoms with van der Waals surface area (Å²) >= 11 is 0. The van der Waals surface area contributed by atoms with Crippen LogP contribution in [0.3, 0.4) is 0 Å². The summed E-state index contributed by atoms with van der Waals surface area (Å²) in [5.41, 5.74) is 12.1. The zero-order chi connectivity index (χ0) is 44.6. The topological polar surface area (TPSA) is 164 Å². The summed E-state index contributed by atoms with van der Waals surface area (Å²) in [5.74, 6) is 1.31. The molecule has 2 saturated heterocycles. The van der Waals surface area contributed by atoms with Crippen molar-refractivity contribution in [2.75, 3.05) is 41.0 Å². The minimum Gasteiger partial charge on any atom is -0.488 e. The lowest BCUT2D eigenvalue weighted by atomic mass is 9.83. The molecule has 1 aromatic heterocycles. The zero-order valence-electron chi connectivity index (χ0n) is 37.1. The van der Waals surface area contributed by atoms with Crippen LogP contribution in [-0.4, -0.2) is 96.9 Å². The molecule has 0 radical (unpaired) electrons. The number of carbonyl (C=O) groups excluding carboxylic acids is 4. The summed E-state index contributed by atoms with van der Waals surface area (Å²) in [7, 11) is 4.29. The van der Waals surface area contributed by atoms with Gasteiger partial charge in [-0.2, -0.15) is 0 Å². The van der Waals surface area contributed by atoms with Crippen LogP contribution in [0.15, 0.2) is 84.1 Å². The lowest BCUT2D eigenvalue weighted by molar-refractivity contribution is -0.135. The van der Waals surface area contributed by atoms with Gasteiger partial charge in [0.1, 0.15) is 30.3 Å². The van der Waals surface area contributed by atoms with Crippen molar-refractivity contribution in [1.29, 1.82) is 0 Å². The van der Waals surface area contributed by atoms with E-state index in [4.69, 9.17) is 23.9 Å². The van der Waals surface area contributed by atoms with Crippen molar-refractivity contribution in [2.24, 2.45) is 11.8 Å². The normalized spacial score (nSPS) is 20.7. The summed E-state index contributed by atoms with van der Waals surface area (Å²) in [5, 5.41) is 5.51. The highest BCUT2D eigenvalue weighted by atomic mass is 16.5. The highest BCUT2D eigenvalue weighted by molar-refractivity contribution is 5.90. The summed E-state index contributed by atoms with van der Waals surface area (Å²) in [4.78, 5) is 64.8. The van der Waals surface area contributed by atoms with E-state index in [2.05, 4.69) is 52.0 Å². The molecular weight excluding hydrogens is 813 g/mol. The molecule has 0 spiro atoms. The van der Waals surface area contributed by atoms with Gasteiger partial charge in [-0.1, -0.05) is 62.4 Å². The van der Waals surface area contributed by atoms with Crippen LogP contribution < -0.4 is 15.4 Å². The average Bonchev–Trinajstić information content (AvgIpc) is 4.15. The van der Waals surface area contributed by atoms with Gasteiger partial charge in [0.2, 0.25) is 11.8 Å². The molecule has 0 unspecified atom stereocenters. The van der Waals surface area contributed by atoms with Crippen molar-refractivity contribution in [3.8, 4) is 28.1 Å². The highest BCUT2D eigenvalue weighted by Gasteiger charge is 2.43. The Morgan fingerprint density at radius 1 is 0.875 bits per heavy atom. The van der Waals surface area contributed by atoms with E-state index in [1.807, 2.05) is 60.2 Å². The minimum absolute atomic E-state index is 0.115. The number of benzene rings is 3. The number of aryl methyl sites for hydroxylation is 1. The number of methoxy groups -OCH3 is 3. The first kappa shape index (κ1) is 42.9. The standard InChI is InChI=1S/C50H56N6O8/c1-28(2)44(53-49(59)62-4)47(57)55-17-9-12-41(55)46-51-24-40(52-46)33-15-16-36-35(20-33)27-64-43-23-38-32(21-39(36)43)14-13-31-19-34(22-37(31)38)42-18-29(26-61-3)25-56(42)48(58)45(54-50(60)63-5)30-10-7-6-8-11-30/h6-8,10-11,15-16,19-21,23-24,28-29,41-42,44-45H,9,12-14,17-18,22,25-27H2,1-5H3,(H,51,52)(H,53,59)(H,54,60)/t29-,41-,42-,44-,45+/m0/s1. The lowest BCUT2D eigenvalue weighted by Gasteiger charge is -2.30. The Hall–Kier alpha value is -6.41. The Kier molecular flexibility index (Phi) is 12.1. The number of fused-ring (bicyclic) bond motifs is 5. The third kappa shape index (κ3) is 8.15. The van der Waals surface area contributed by atoms with Gasteiger partial charge >= 0.3 is 12.2 Å². The van der Waals surface area contributed by atoms with E-state index in [1.54, 1.807) is 7.11 Å². The van der Waals surface area contributed by atoms with Gasteiger partial charge in [0, 0.05) is 31.7 Å². The number of allylic oxidation sites excluding steroid dienone is 3. The first-order valence-corrected chi connectivity index (χ1v) is 22.3. The van der Waals surface area contributed by atoms with Crippen molar-refractivity contribution in [3.05, 3.63) is 112 Å². The number of carbonyl (C=O) groups is 4. The van der Waals surface area contributed by atoms with E-state index in [0.717, 1.165) is 78.0 Å². The molecule has 2 aliphatic carbocycles. The number of aromatic nitrogens is 2. The first-order valence-electron chi connectivity index (χ1n) is 22.3. The summed E-state index contributed by atoms with van der Waals surface area (Å²) < 4.78 is 21.8. The van der Waals surface area contributed by atoms with Gasteiger partial charge in [-0.25, -0.2) is 14.6 Å². The van der Waals surface area contributed by atoms with Crippen molar-refractivity contribution in [1.82, 2.24) is 30.4 Å². The molecule has 0 bridgehead atoms. The number of imidazole rings is 1. The fourth-order valence-electron chi connectivity index (χ4n) is 10.4. The van der Waals surface area contributed by atoms with Crippen LogP contribution in [0.25, 0.3) is 28.0 Å². The van der Waals surface area contributed by atoms with Crippen LogP contribution in [-0.2, 0) is 36.8 Å². The van der Waals surface area contributed by atoms with Gasteiger partial charge in [-0.15, -0.1) is 0 Å². The van der Waals surface area contributed by atoms with Crippen molar-refractivity contribution >= 4 is 29.6 Å². The maximum atomic E-state index is 14.5. The minimum atomic E-state index is -0.885. The maximum absolute atomic E-state index is 14.5. The van der Waals surface area contributed by atoms with Crippen LogP contribution in [0.1, 0.15) is 86.1 Å². The van der Waals surface area contributed by atoms with Crippen LogP contribution >= 0.6 is 0 Å². The summed E-state index contributed by atoms with van der Waals surface area (Å²) in [6, 6.07) is 18.3. The lowest BCUT2D eigenvalue weighted by Crippen LogP contribution is -2.51. The average molecular weight is 869 g/mol. The summed E-state index contributed by atoms with van der Waals surface area (Å²) in [6.07, 6.45) is 7.78. The van der Waals surface area contributed by atoms with Crippen LogP contribution in [0.5, 0.6) is 5.75 Å². The van der Waals surface area contributed by atoms with Gasteiger partial charge in [-0.3, -0.25) is 9.59 Å². The third-order valence-electron chi connectivity index (χ3n) is 13.6. The van der Waals surface area contributed by atoms with Crippen molar-refractivity contribution < 1.29 is 38.1 Å². The fourth-order valence-corrected chi connectivity index (χ4v) is 10.4. The van der Waals surface area contributed by atoms with Crippen LogP contribution in [0.2, 0.25) is 0 Å². The van der Waals surface area contributed by atoms with Crippen LogP contribution in [0.4, 0.5) is 9.59 Å². The Morgan fingerprint density at radius 2 is 1.67 bits per heavy atom. The Bertz CT molecular complexity index is 2530. The van der Waals surface area contributed by atoms with Gasteiger partial charge < -0.3 is 44.4 Å². The molecule has 3 N–H and O–H groups in total. The quantitative estimate of drug-likeness (QED) is 0.137. The van der Waals surface area contributed by atoms with Gasteiger partial charge in [0.05, 0.1) is 44.8 Å². The van der Waals surface area contributed by atoms with E-state index >= 15 is 0 Å². The second-order valence-electron chi connectivity index (χ2n) is 17.8. The SMILES string of the molecule is COC[C@H]1C[C@@H](C2=CC3=C(C2)c2cc4c(cc2CC3)-c2ccc(-c3cnc([C@@H]5CCCN5C(=O)[C@@H](NC(=O)OC)C(C)C)[nH]3)cc2CO4)N(C(=O)[C@H](NC(=O)OC)c2ccccc2)C1.